The smallest absolute Gasteiger partial charge is 0.246 e. The second kappa shape index (κ2) is 6.89. The average molecular weight is 295 g/mol. The van der Waals surface area contributed by atoms with Crippen LogP contribution >= 0.6 is 0 Å². The van der Waals surface area contributed by atoms with Gasteiger partial charge in [-0.3, -0.25) is 9.36 Å². The molecule has 0 spiro atoms. The summed E-state index contributed by atoms with van der Waals surface area (Å²) < 4.78 is 2.07. The van der Waals surface area contributed by atoms with Crippen molar-refractivity contribution in [1.29, 1.82) is 0 Å². The van der Waals surface area contributed by atoms with E-state index < -0.39 is 0 Å². The van der Waals surface area contributed by atoms with E-state index in [1.807, 2.05) is 43.3 Å². The summed E-state index contributed by atoms with van der Waals surface area (Å²) in [7, 11) is 0. The lowest BCUT2D eigenvalue weighted by atomic mass is 10.2. The molecule has 0 fully saturated rings. The monoisotopic (exact) mass is 295 g/mol. The maximum absolute atomic E-state index is 11.8. The van der Waals surface area contributed by atoms with Gasteiger partial charge in [-0.05, 0) is 26.0 Å². The first-order valence-corrected chi connectivity index (χ1v) is 7.21. The number of rotatable bonds is 6. The SMILES string of the molecule is C=CCc1nc(C)n(-c2ccccc2)c1CNC(=O)C(=C)C. The Labute approximate surface area is 131 Å². The molecule has 1 N–H and O–H groups in total. The van der Waals surface area contributed by atoms with Crippen molar-refractivity contribution < 1.29 is 4.79 Å². The van der Waals surface area contributed by atoms with Crippen molar-refractivity contribution in [2.24, 2.45) is 0 Å². The molecular formula is C18H21N3O. The third-order valence-electron chi connectivity index (χ3n) is 3.38. The van der Waals surface area contributed by atoms with E-state index in [1.54, 1.807) is 6.92 Å². The van der Waals surface area contributed by atoms with Gasteiger partial charge < -0.3 is 5.32 Å². The summed E-state index contributed by atoms with van der Waals surface area (Å²) in [5.74, 6) is 0.741. The minimum atomic E-state index is -0.150. The molecule has 0 atom stereocenters. The lowest BCUT2D eigenvalue weighted by molar-refractivity contribution is -0.117. The minimum Gasteiger partial charge on any atom is -0.347 e. The molecule has 1 aromatic heterocycles. The number of nitrogens with zero attached hydrogens (tertiary/aromatic N) is 2. The molecule has 1 aromatic carbocycles. The minimum absolute atomic E-state index is 0.150. The molecule has 0 radical (unpaired) electrons. The number of nitrogens with one attached hydrogen (secondary N) is 1. The van der Waals surface area contributed by atoms with Crippen molar-refractivity contribution in [2.45, 2.75) is 26.8 Å². The van der Waals surface area contributed by atoms with E-state index in [-0.39, 0.29) is 5.91 Å². The summed E-state index contributed by atoms with van der Waals surface area (Å²) in [5, 5.41) is 2.89. The van der Waals surface area contributed by atoms with Gasteiger partial charge in [-0.2, -0.15) is 0 Å². The zero-order chi connectivity index (χ0) is 16.1. The molecule has 1 heterocycles. The maximum atomic E-state index is 11.8. The fraction of sp³-hybridized carbons (Fsp3) is 0.222. The molecule has 0 aliphatic heterocycles. The van der Waals surface area contributed by atoms with E-state index in [0.717, 1.165) is 22.9 Å². The van der Waals surface area contributed by atoms with Gasteiger partial charge in [-0.15, -0.1) is 6.58 Å². The Balaban J connectivity index is 2.42. The van der Waals surface area contributed by atoms with Crippen molar-refractivity contribution >= 4 is 5.91 Å². The van der Waals surface area contributed by atoms with E-state index in [2.05, 4.69) is 28.0 Å². The van der Waals surface area contributed by atoms with Crippen molar-refractivity contribution in [3.63, 3.8) is 0 Å². The normalized spacial score (nSPS) is 10.3. The number of hydrogen-bond donors (Lipinski definition) is 1. The highest BCUT2D eigenvalue weighted by atomic mass is 16.1. The van der Waals surface area contributed by atoms with Crippen molar-refractivity contribution in [3.05, 3.63) is 72.4 Å². The lowest BCUT2D eigenvalue weighted by Gasteiger charge is -2.12. The van der Waals surface area contributed by atoms with E-state index in [9.17, 15) is 4.79 Å². The van der Waals surface area contributed by atoms with Gasteiger partial charge in [-0.25, -0.2) is 4.98 Å². The van der Waals surface area contributed by atoms with Crippen molar-refractivity contribution in [2.75, 3.05) is 0 Å². The summed E-state index contributed by atoms with van der Waals surface area (Å²) in [5.41, 5.74) is 3.42. The Bertz CT molecular complexity index is 699. The summed E-state index contributed by atoms with van der Waals surface area (Å²) in [6, 6.07) is 9.99. The number of carbonyl (C=O) groups excluding carboxylic acids is 1. The van der Waals surface area contributed by atoms with Gasteiger partial charge in [0.1, 0.15) is 5.82 Å². The number of allylic oxidation sites excluding steroid dienone is 1. The van der Waals surface area contributed by atoms with Crippen LogP contribution in [0, 0.1) is 6.92 Å². The summed E-state index contributed by atoms with van der Waals surface area (Å²) >= 11 is 0. The molecule has 2 aromatic rings. The lowest BCUT2D eigenvalue weighted by Crippen LogP contribution is -2.25. The molecule has 114 valence electrons. The molecule has 1 amide bonds. The van der Waals surface area contributed by atoms with Crippen LogP contribution in [0.5, 0.6) is 0 Å². The van der Waals surface area contributed by atoms with Gasteiger partial charge in [0, 0.05) is 17.7 Å². The quantitative estimate of drug-likeness (QED) is 0.657. The fourth-order valence-electron chi connectivity index (χ4n) is 2.35. The molecule has 0 saturated carbocycles. The standard InChI is InChI=1S/C18H21N3O/c1-5-9-16-17(12-19-18(22)13(2)3)21(14(4)20-16)15-10-7-6-8-11-15/h5-8,10-11H,1-2,9,12H2,3-4H3,(H,19,22). The van der Waals surface area contributed by atoms with Crippen molar-refractivity contribution in [1.82, 2.24) is 14.9 Å². The summed E-state index contributed by atoms with van der Waals surface area (Å²) in [6.45, 7) is 11.5. The van der Waals surface area contributed by atoms with Crippen LogP contribution in [0.2, 0.25) is 0 Å². The summed E-state index contributed by atoms with van der Waals surface area (Å²) in [6.07, 6.45) is 2.49. The van der Waals surface area contributed by atoms with E-state index in [4.69, 9.17) is 0 Å². The Morgan fingerprint density at radius 3 is 2.64 bits per heavy atom. The van der Waals surface area contributed by atoms with Gasteiger partial charge in [0.25, 0.3) is 0 Å². The number of carbonyl (C=O) groups is 1. The number of para-hydroxylation sites is 1. The topological polar surface area (TPSA) is 46.9 Å². The highest BCUT2D eigenvalue weighted by Gasteiger charge is 2.16. The fourth-order valence-corrected chi connectivity index (χ4v) is 2.35. The van der Waals surface area contributed by atoms with Gasteiger partial charge in [0.2, 0.25) is 5.91 Å². The molecule has 0 bridgehead atoms. The first-order chi connectivity index (χ1) is 10.5. The predicted molar refractivity (Wildman–Crippen MR) is 88.9 cm³/mol. The second-order valence-corrected chi connectivity index (χ2v) is 5.18. The van der Waals surface area contributed by atoms with E-state index >= 15 is 0 Å². The van der Waals surface area contributed by atoms with E-state index in [1.165, 1.54) is 0 Å². The highest BCUT2D eigenvalue weighted by Crippen LogP contribution is 2.19. The number of aromatic nitrogens is 2. The molecular weight excluding hydrogens is 274 g/mol. The van der Waals surface area contributed by atoms with E-state index in [0.29, 0.717) is 18.5 Å². The van der Waals surface area contributed by atoms with Crippen LogP contribution in [0.1, 0.15) is 24.1 Å². The van der Waals surface area contributed by atoms with Crippen LogP contribution < -0.4 is 5.32 Å². The zero-order valence-corrected chi connectivity index (χ0v) is 13.1. The third kappa shape index (κ3) is 3.34. The van der Waals surface area contributed by atoms with Gasteiger partial charge in [0.05, 0.1) is 17.9 Å². The average Bonchev–Trinajstić information content (AvgIpc) is 2.81. The summed E-state index contributed by atoms with van der Waals surface area (Å²) in [4.78, 5) is 16.4. The van der Waals surface area contributed by atoms with Gasteiger partial charge in [-0.1, -0.05) is 30.9 Å². The third-order valence-corrected chi connectivity index (χ3v) is 3.38. The Morgan fingerprint density at radius 1 is 1.36 bits per heavy atom. The molecule has 22 heavy (non-hydrogen) atoms. The molecule has 2 rings (SSSR count). The Morgan fingerprint density at radius 2 is 2.05 bits per heavy atom. The largest absolute Gasteiger partial charge is 0.347 e. The first kappa shape index (κ1) is 15.8. The number of benzene rings is 1. The number of amides is 1. The second-order valence-electron chi connectivity index (χ2n) is 5.18. The van der Waals surface area contributed by atoms with Crippen molar-refractivity contribution in [3.8, 4) is 5.69 Å². The van der Waals surface area contributed by atoms with Crippen LogP contribution in [0.4, 0.5) is 0 Å². The number of imidazole rings is 1. The highest BCUT2D eigenvalue weighted by molar-refractivity contribution is 5.92. The van der Waals surface area contributed by atoms with Gasteiger partial charge >= 0.3 is 0 Å². The maximum Gasteiger partial charge on any atom is 0.246 e. The molecule has 4 nitrogen and oxygen atoms in total. The molecule has 0 aliphatic carbocycles. The Hall–Kier alpha value is -2.62. The number of aryl methyl sites for hydroxylation is 1. The van der Waals surface area contributed by atoms with Gasteiger partial charge in [0.15, 0.2) is 0 Å². The Kier molecular flexibility index (Phi) is 4.94. The molecule has 0 unspecified atom stereocenters. The molecule has 0 saturated heterocycles. The van der Waals surface area contributed by atoms with Crippen LogP contribution in [0.15, 0.2) is 55.1 Å². The van der Waals surface area contributed by atoms with Crippen LogP contribution in [-0.4, -0.2) is 15.5 Å². The van der Waals surface area contributed by atoms with Crippen LogP contribution in [0.25, 0.3) is 5.69 Å². The predicted octanol–water partition coefficient (Wildman–Crippen LogP) is 3.10. The molecule has 4 heteroatoms. The molecule has 0 aliphatic rings. The van der Waals surface area contributed by atoms with Crippen LogP contribution in [-0.2, 0) is 17.8 Å². The zero-order valence-electron chi connectivity index (χ0n) is 13.1. The first-order valence-electron chi connectivity index (χ1n) is 7.21. The number of hydrogen-bond acceptors (Lipinski definition) is 2. The van der Waals surface area contributed by atoms with Crippen LogP contribution in [0.3, 0.4) is 0 Å².